The lowest BCUT2D eigenvalue weighted by atomic mass is 9.95. The lowest BCUT2D eigenvalue weighted by Gasteiger charge is -2.34. The minimum atomic E-state index is -0.222. The van der Waals surface area contributed by atoms with Gasteiger partial charge >= 0.3 is 0 Å². The van der Waals surface area contributed by atoms with Crippen LogP contribution in [-0.2, 0) is 17.9 Å². The minimum Gasteiger partial charge on any atom is -0.393 e. The van der Waals surface area contributed by atoms with E-state index in [4.69, 9.17) is 5.73 Å². The second-order valence-electron chi connectivity index (χ2n) is 8.35. The van der Waals surface area contributed by atoms with Crippen LogP contribution in [0.5, 0.6) is 0 Å². The van der Waals surface area contributed by atoms with Crippen LogP contribution in [0.1, 0.15) is 43.2 Å². The molecule has 7 nitrogen and oxygen atoms in total. The zero-order chi connectivity index (χ0) is 20.6. The van der Waals surface area contributed by atoms with Crippen LogP contribution in [0.2, 0.25) is 0 Å². The third-order valence-corrected chi connectivity index (χ3v) is 5.96. The molecule has 4 N–H and O–H groups in total. The van der Waals surface area contributed by atoms with E-state index in [0.29, 0.717) is 12.3 Å². The highest BCUT2D eigenvalue weighted by Crippen LogP contribution is 2.19. The average molecular weight is 529 g/mol. The number of primary amides is 1. The summed E-state index contributed by atoms with van der Waals surface area (Å²) in [5.74, 6) is 0.978. The van der Waals surface area contributed by atoms with Gasteiger partial charge in [-0.1, -0.05) is 24.3 Å². The fourth-order valence-corrected chi connectivity index (χ4v) is 4.32. The molecule has 2 saturated heterocycles. The number of benzene rings is 1. The van der Waals surface area contributed by atoms with Crippen LogP contribution in [0.4, 0.5) is 0 Å². The van der Waals surface area contributed by atoms with E-state index in [9.17, 15) is 9.90 Å². The van der Waals surface area contributed by atoms with Gasteiger partial charge in [-0.2, -0.15) is 0 Å². The zero-order valence-corrected chi connectivity index (χ0v) is 20.3. The molecule has 0 saturated carbocycles. The number of aliphatic imine (C=N–C) groups is 1. The van der Waals surface area contributed by atoms with E-state index in [-0.39, 0.29) is 36.0 Å². The molecule has 2 aliphatic rings. The molecule has 168 valence electrons. The fourth-order valence-electron chi connectivity index (χ4n) is 4.32. The summed E-state index contributed by atoms with van der Waals surface area (Å²) >= 11 is 0. The number of halogens is 1. The number of likely N-dealkylation sites (tertiary alicyclic amines) is 2. The number of carbonyl (C=O) groups excluding carboxylic acids is 1. The molecule has 0 bridgehead atoms. The second-order valence-corrected chi connectivity index (χ2v) is 8.35. The molecule has 1 aromatic carbocycles. The molecule has 2 fully saturated rings. The number of amides is 1. The minimum absolute atomic E-state index is 0. The molecular formula is C22H36IN5O2. The molecule has 1 unspecified atom stereocenters. The van der Waals surface area contributed by atoms with Gasteiger partial charge in [-0.05, 0) is 42.7 Å². The van der Waals surface area contributed by atoms with Crippen molar-refractivity contribution < 1.29 is 9.90 Å². The topological polar surface area (TPSA) is 94.2 Å². The van der Waals surface area contributed by atoms with Crippen LogP contribution in [0.3, 0.4) is 0 Å². The molecular weight excluding hydrogens is 493 g/mol. The number of piperidine rings is 2. The normalized spacial score (nSPS) is 21.2. The molecule has 1 aromatic rings. The van der Waals surface area contributed by atoms with Crippen LogP contribution in [-0.4, -0.2) is 66.1 Å². The van der Waals surface area contributed by atoms with Crippen LogP contribution >= 0.6 is 24.0 Å². The molecule has 0 radical (unpaired) electrons. The SMILES string of the molecule is CN=C(NCc1ccc(CN2CCC(O)CC2)cc1)N1CCCC(CC(N)=O)C1.I. The lowest BCUT2D eigenvalue weighted by molar-refractivity contribution is -0.119. The number of nitrogens with two attached hydrogens (primary N) is 1. The lowest BCUT2D eigenvalue weighted by Crippen LogP contribution is -2.46. The van der Waals surface area contributed by atoms with Crippen molar-refractivity contribution in [2.24, 2.45) is 16.6 Å². The largest absolute Gasteiger partial charge is 0.393 e. The third kappa shape index (κ3) is 7.70. The summed E-state index contributed by atoms with van der Waals surface area (Å²) in [6.07, 6.45) is 4.18. The number of aliphatic hydroxyl groups is 1. The Bertz CT molecular complexity index is 689. The molecule has 0 aromatic heterocycles. The van der Waals surface area contributed by atoms with Crippen molar-refractivity contribution in [1.82, 2.24) is 15.1 Å². The summed E-state index contributed by atoms with van der Waals surface area (Å²) < 4.78 is 0. The standard InChI is InChI=1S/C22H35N5O2.HI/c1-24-22(27-10-2-3-19(16-27)13-21(23)29)25-14-17-4-6-18(7-5-17)15-26-11-8-20(28)9-12-26;/h4-7,19-20,28H,2-3,8-16H2,1H3,(H2,23,29)(H,24,25);1H. The predicted molar refractivity (Wildman–Crippen MR) is 131 cm³/mol. The van der Waals surface area contributed by atoms with Crippen molar-refractivity contribution in [3.8, 4) is 0 Å². The number of rotatable bonds is 6. The van der Waals surface area contributed by atoms with Crippen LogP contribution in [0.15, 0.2) is 29.3 Å². The first-order chi connectivity index (χ1) is 14.0. The van der Waals surface area contributed by atoms with Gasteiger partial charge in [-0.3, -0.25) is 14.7 Å². The van der Waals surface area contributed by atoms with Gasteiger partial charge in [0, 0.05) is 52.7 Å². The van der Waals surface area contributed by atoms with Crippen molar-refractivity contribution in [3.05, 3.63) is 35.4 Å². The van der Waals surface area contributed by atoms with Crippen molar-refractivity contribution in [3.63, 3.8) is 0 Å². The molecule has 1 atom stereocenters. The van der Waals surface area contributed by atoms with E-state index in [1.165, 1.54) is 11.1 Å². The van der Waals surface area contributed by atoms with E-state index < -0.39 is 0 Å². The smallest absolute Gasteiger partial charge is 0.217 e. The number of carbonyl (C=O) groups is 1. The van der Waals surface area contributed by atoms with Crippen molar-refractivity contribution in [2.45, 2.75) is 51.3 Å². The Morgan fingerprint density at radius 2 is 1.83 bits per heavy atom. The first kappa shape index (κ1) is 24.9. The number of aliphatic hydroxyl groups excluding tert-OH is 1. The highest BCUT2D eigenvalue weighted by Gasteiger charge is 2.23. The Kier molecular flexibility index (Phi) is 10.3. The fraction of sp³-hybridized carbons (Fsp3) is 0.636. The third-order valence-electron chi connectivity index (χ3n) is 5.96. The van der Waals surface area contributed by atoms with E-state index in [2.05, 4.69) is 44.4 Å². The molecule has 0 spiro atoms. The molecule has 1 amide bonds. The van der Waals surface area contributed by atoms with Gasteiger partial charge in [0.2, 0.25) is 5.91 Å². The Hall–Kier alpha value is -1.39. The summed E-state index contributed by atoms with van der Waals surface area (Å²) in [5.41, 5.74) is 7.89. The molecule has 0 aliphatic carbocycles. The first-order valence-electron chi connectivity index (χ1n) is 10.8. The quantitative estimate of drug-likeness (QED) is 0.298. The van der Waals surface area contributed by atoms with E-state index in [0.717, 1.165) is 70.9 Å². The van der Waals surface area contributed by atoms with Gasteiger partial charge in [0.1, 0.15) is 0 Å². The van der Waals surface area contributed by atoms with Crippen LogP contribution in [0.25, 0.3) is 0 Å². The number of nitrogens with zero attached hydrogens (tertiary/aromatic N) is 3. The monoisotopic (exact) mass is 529 g/mol. The number of guanidine groups is 1. The van der Waals surface area contributed by atoms with Crippen LogP contribution in [0, 0.1) is 5.92 Å². The van der Waals surface area contributed by atoms with Gasteiger partial charge in [-0.15, -0.1) is 24.0 Å². The van der Waals surface area contributed by atoms with Gasteiger partial charge < -0.3 is 21.1 Å². The average Bonchev–Trinajstić information content (AvgIpc) is 2.71. The van der Waals surface area contributed by atoms with Crippen molar-refractivity contribution in [1.29, 1.82) is 0 Å². The Labute approximate surface area is 197 Å². The number of hydrogen-bond acceptors (Lipinski definition) is 4. The van der Waals surface area contributed by atoms with Gasteiger partial charge in [0.15, 0.2) is 5.96 Å². The second kappa shape index (κ2) is 12.5. The maximum atomic E-state index is 11.2. The van der Waals surface area contributed by atoms with E-state index >= 15 is 0 Å². The summed E-state index contributed by atoms with van der Waals surface area (Å²) in [7, 11) is 1.80. The highest BCUT2D eigenvalue weighted by molar-refractivity contribution is 14.0. The molecule has 3 rings (SSSR count). The predicted octanol–water partition coefficient (Wildman–Crippen LogP) is 1.92. The Morgan fingerprint density at radius 3 is 2.47 bits per heavy atom. The van der Waals surface area contributed by atoms with Crippen molar-refractivity contribution >= 4 is 35.8 Å². The summed E-state index contributed by atoms with van der Waals surface area (Å²) in [6.45, 7) is 5.38. The number of nitrogens with one attached hydrogen (secondary N) is 1. The molecule has 8 heteroatoms. The first-order valence-corrected chi connectivity index (χ1v) is 10.8. The molecule has 30 heavy (non-hydrogen) atoms. The molecule has 2 heterocycles. The van der Waals surface area contributed by atoms with Gasteiger partial charge in [0.25, 0.3) is 0 Å². The molecule has 2 aliphatic heterocycles. The van der Waals surface area contributed by atoms with Gasteiger partial charge in [-0.25, -0.2) is 0 Å². The maximum absolute atomic E-state index is 11.2. The summed E-state index contributed by atoms with van der Waals surface area (Å²) in [6, 6.07) is 8.71. The highest BCUT2D eigenvalue weighted by atomic mass is 127. The maximum Gasteiger partial charge on any atom is 0.217 e. The van der Waals surface area contributed by atoms with E-state index in [1.54, 1.807) is 7.05 Å². The van der Waals surface area contributed by atoms with Crippen LogP contribution < -0.4 is 11.1 Å². The summed E-state index contributed by atoms with van der Waals surface area (Å²) in [4.78, 5) is 20.3. The number of hydrogen-bond donors (Lipinski definition) is 3. The van der Waals surface area contributed by atoms with Gasteiger partial charge in [0.05, 0.1) is 6.10 Å². The Morgan fingerprint density at radius 1 is 1.17 bits per heavy atom. The zero-order valence-electron chi connectivity index (χ0n) is 17.9. The summed E-state index contributed by atoms with van der Waals surface area (Å²) in [5, 5.41) is 13.1. The van der Waals surface area contributed by atoms with E-state index in [1.807, 2.05) is 0 Å². The Balaban J connectivity index is 0.00000320. The van der Waals surface area contributed by atoms with Crippen molar-refractivity contribution in [2.75, 3.05) is 33.2 Å².